The van der Waals surface area contributed by atoms with E-state index in [0.717, 1.165) is 22.8 Å². The zero-order chi connectivity index (χ0) is 17.1. The highest BCUT2D eigenvalue weighted by atomic mass is 127. The molecule has 1 amide bonds. The van der Waals surface area contributed by atoms with Gasteiger partial charge in [-0.15, -0.1) is 35.3 Å². The number of aliphatic imine (C=N–C) groups is 1. The summed E-state index contributed by atoms with van der Waals surface area (Å²) in [5.41, 5.74) is 0. The predicted molar refractivity (Wildman–Crippen MR) is 112 cm³/mol. The van der Waals surface area contributed by atoms with E-state index < -0.39 is 0 Å². The van der Waals surface area contributed by atoms with Crippen LogP contribution in [-0.2, 0) is 11.3 Å². The van der Waals surface area contributed by atoms with Crippen molar-refractivity contribution in [2.75, 3.05) is 20.6 Å². The Bertz CT molecular complexity index is 618. The fraction of sp³-hybridized carbons (Fsp3) is 0.706. The highest BCUT2D eigenvalue weighted by Gasteiger charge is 2.39. The van der Waals surface area contributed by atoms with Crippen LogP contribution in [0.3, 0.4) is 0 Å². The Kier molecular flexibility index (Phi) is 7.48. The van der Waals surface area contributed by atoms with Gasteiger partial charge in [-0.05, 0) is 38.0 Å². The average Bonchev–Trinajstić information content (AvgIpc) is 3.26. The van der Waals surface area contributed by atoms with Gasteiger partial charge in [0.05, 0.1) is 6.54 Å². The van der Waals surface area contributed by atoms with Crippen LogP contribution in [0.2, 0.25) is 0 Å². The van der Waals surface area contributed by atoms with E-state index in [9.17, 15) is 4.79 Å². The summed E-state index contributed by atoms with van der Waals surface area (Å²) >= 11 is 1.68. The van der Waals surface area contributed by atoms with Crippen LogP contribution in [0, 0.1) is 18.8 Å². The number of hydrogen-bond acceptors (Lipinski definition) is 4. The molecule has 0 aliphatic heterocycles. The lowest BCUT2D eigenvalue weighted by Crippen LogP contribution is -2.45. The topological polar surface area (TPSA) is 69.6 Å². The Labute approximate surface area is 170 Å². The van der Waals surface area contributed by atoms with Gasteiger partial charge in [-0.3, -0.25) is 4.79 Å². The van der Waals surface area contributed by atoms with Crippen LogP contribution in [-0.4, -0.2) is 48.4 Å². The first-order valence-corrected chi connectivity index (χ1v) is 9.49. The minimum absolute atomic E-state index is 0. The lowest BCUT2D eigenvalue weighted by atomic mass is 9.95. The van der Waals surface area contributed by atoms with Gasteiger partial charge in [0, 0.05) is 31.2 Å². The van der Waals surface area contributed by atoms with Gasteiger partial charge in [0.15, 0.2) is 5.96 Å². The molecule has 2 fully saturated rings. The molecule has 3 rings (SSSR count). The number of rotatable bonds is 5. The molecular weight excluding hydrogens is 449 g/mol. The average molecular weight is 477 g/mol. The van der Waals surface area contributed by atoms with Crippen molar-refractivity contribution in [2.24, 2.45) is 16.8 Å². The largest absolute Gasteiger partial charge is 0.353 e. The number of nitrogens with one attached hydrogen (secondary N) is 2. The molecule has 1 aromatic rings. The van der Waals surface area contributed by atoms with Crippen molar-refractivity contribution in [3.63, 3.8) is 0 Å². The van der Waals surface area contributed by atoms with Gasteiger partial charge in [0.2, 0.25) is 5.91 Å². The van der Waals surface area contributed by atoms with E-state index in [2.05, 4.69) is 27.5 Å². The molecule has 0 spiro atoms. The van der Waals surface area contributed by atoms with Crippen LogP contribution >= 0.6 is 35.3 Å². The second-order valence-electron chi connectivity index (χ2n) is 7.10. The molecular formula is C17H28IN5OS. The quantitative estimate of drug-likeness (QED) is 0.388. The number of guanidine groups is 1. The van der Waals surface area contributed by atoms with Gasteiger partial charge in [-0.25, -0.2) is 9.98 Å². The third-order valence-electron chi connectivity index (χ3n) is 5.01. The fourth-order valence-electron chi connectivity index (χ4n) is 3.68. The second-order valence-corrected chi connectivity index (χ2v) is 8.42. The normalized spacial score (nSPS) is 24.8. The van der Waals surface area contributed by atoms with Crippen molar-refractivity contribution in [2.45, 2.75) is 45.2 Å². The molecule has 8 heteroatoms. The standard InChI is InChI=1S/C17H27N5OS.HI/c1-11-8-18-15(24-11)9-19-17(20-10-16(23)22(2)3)21-14-7-12-4-5-13(14)6-12;/h8,12-14H,4-7,9-10H2,1-3H3,(H2,19,20,21);1H. The number of fused-ring (bicyclic) bond motifs is 2. The van der Waals surface area contributed by atoms with Crippen LogP contribution in [0.1, 0.15) is 35.6 Å². The van der Waals surface area contributed by atoms with Crippen LogP contribution in [0.15, 0.2) is 11.2 Å². The molecule has 2 aliphatic carbocycles. The summed E-state index contributed by atoms with van der Waals surface area (Å²) < 4.78 is 0. The van der Waals surface area contributed by atoms with Crippen LogP contribution in [0.4, 0.5) is 0 Å². The summed E-state index contributed by atoms with van der Waals surface area (Å²) in [7, 11) is 3.51. The molecule has 6 nitrogen and oxygen atoms in total. The number of likely N-dealkylation sites (N-methyl/N-ethyl adjacent to an activating group) is 1. The molecule has 0 saturated heterocycles. The Morgan fingerprint density at radius 1 is 1.40 bits per heavy atom. The first-order chi connectivity index (χ1) is 11.5. The molecule has 0 aromatic carbocycles. The molecule has 2 saturated carbocycles. The van der Waals surface area contributed by atoms with Crippen LogP contribution in [0.25, 0.3) is 0 Å². The van der Waals surface area contributed by atoms with E-state index in [1.165, 1.54) is 30.6 Å². The molecule has 3 unspecified atom stereocenters. The van der Waals surface area contributed by atoms with Gasteiger partial charge in [0.1, 0.15) is 11.6 Å². The molecule has 2 bridgehead atoms. The summed E-state index contributed by atoms with van der Waals surface area (Å²) in [6.07, 6.45) is 7.15. The first-order valence-electron chi connectivity index (χ1n) is 8.67. The number of hydrogen-bond donors (Lipinski definition) is 2. The molecule has 3 atom stereocenters. The third-order valence-corrected chi connectivity index (χ3v) is 5.92. The van der Waals surface area contributed by atoms with Gasteiger partial charge in [0.25, 0.3) is 0 Å². The van der Waals surface area contributed by atoms with Crippen molar-refractivity contribution in [1.29, 1.82) is 0 Å². The Morgan fingerprint density at radius 2 is 2.20 bits per heavy atom. The van der Waals surface area contributed by atoms with E-state index in [1.54, 1.807) is 30.3 Å². The van der Waals surface area contributed by atoms with Gasteiger partial charge in [-0.2, -0.15) is 0 Å². The highest BCUT2D eigenvalue weighted by Crippen LogP contribution is 2.44. The highest BCUT2D eigenvalue weighted by molar-refractivity contribution is 14.0. The number of carbonyl (C=O) groups excluding carboxylic acids is 1. The van der Waals surface area contributed by atoms with Crippen molar-refractivity contribution in [1.82, 2.24) is 20.5 Å². The second kappa shape index (κ2) is 9.16. The van der Waals surface area contributed by atoms with E-state index in [4.69, 9.17) is 0 Å². The van der Waals surface area contributed by atoms with Crippen LogP contribution in [0.5, 0.6) is 0 Å². The van der Waals surface area contributed by atoms with Gasteiger partial charge in [-0.1, -0.05) is 6.42 Å². The van der Waals surface area contributed by atoms with Crippen molar-refractivity contribution in [3.05, 3.63) is 16.1 Å². The van der Waals surface area contributed by atoms with E-state index in [1.807, 2.05) is 6.20 Å². The Hall–Kier alpha value is -0.900. The summed E-state index contributed by atoms with van der Waals surface area (Å²) in [5.74, 6) is 2.37. The van der Waals surface area contributed by atoms with E-state index in [-0.39, 0.29) is 36.4 Å². The van der Waals surface area contributed by atoms with E-state index >= 15 is 0 Å². The SMILES string of the molecule is Cc1cnc(CNC(=NCC(=O)N(C)C)NC2CC3CCC2C3)s1.I. The number of aryl methyl sites for hydroxylation is 1. The summed E-state index contributed by atoms with van der Waals surface area (Å²) in [6, 6.07) is 0.488. The third kappa shape index (κ3) is 5.54. The fourth-order valence-corrected chi connectivity index (χ4v) is 4.41. The molecule has 140 valence electrons. The summed E-state index contributed by atoms with van der Waals surface area (Å²) in [4.78, 5) is 23.5. The van der Waals surface area contributed by atoms with Crippen LogP contribution < -0.4 is 10.6 Å². The van der Waals surface area contributed by atoms with Gasteiger partial charge >= 0.3 is 0 Å². The van der Waals surface area contributed by atoms with E-state index in [0.29, 0.717) is 12.6 Å². The number of thiazole rings is 1. The number of halogens is 1. The Morgan fingerprint density at radius 3 is 2.76 bits per heavy atom. The molecule has 0 radical (unpaired) electrons. The zero-order valence-electron chi connectivity index (χ0n) is 15.1. The Balaban J connectivity index is 0.00000225. The zero-order valence-corrected chi connectivity index (χ0v) is 18.3. The monoisotopic (exact) mass is 477 g/mol. The smallest absolute Gasteiger partial charge is 0.243 e. The molecule has 2 aliphatic rings. The molecule has 1 heterocycles. The predicted octanol–water partition coefficient (Wildman–Crippen LogP) is 2.38. The van der Waals surface area contributed by atoms with Crippen molar-refractivity contribution in [3.8, 4) is 0 Å². The maximum absolute atomic E-state index is 11.8. The maximum atomic E-state index is 11.8. The lowest BCUT2D eigenvalue weighted by molar-refractivity contribution is -0.127. The number of amides is 1. The maximum Gasteiger partial charge on any atom is 0.243 e. The number of nitrogens with zero attached hydrogens (tertiary/aromatic N) is 3. The number of carbonyl (C=O) groups is 1. The van der Waals surface area contributed by atoms with Gasteiger partial charge < -0.3 is 15.5 Å². The van der Waals surface area contributed by atoms with Crippen molar-refractivity contribution >= 4 is 47.2 Å². The van der Waals surface area contributed by atoms with Crippen molar-refractivity contribution < 1.29 is 4.79 Å². The lowest BCUT2D eigenvalue weighted by Gasteiger charge is -2.25. The minimum Gasteiger partial charge on any atom is -0.353 e. The molecule has 25 heavy (non-hydrogen) atoms. The summed E-state index contributed by atoms with van der Waals surface area (Å²) in [6.45, 7) is 2.86. The molecule has 1 aromatic heterocycles. The summed E-state index contributed by atoms with van der Waals surface area (Å²) in [5, 5.41) is 7.95. The number of aromatic nitrogens is 1. The first kappa shape index (κ1) is 20.4. The minimum atomic E-state index is 0. The molecule has 2 N–H and O–H groups in total.